The molecule has 7 nitrogen and oxygen atoms in total. The number of unbranched alkanes of at least 4 members (excludes halogenated alkanes) is 2. The van der Waals surface area contributed by atoms with Crippen LogP contribution in [0, 0.1) is 6.92 Å². The van der Waals surface area contributed by atoms with Crippen molar-refractivity contribution in [1.82, 2.24) is 25.4 Å². The molecule has 8 heteroatoms. The SMILES string of the molecule is CCCCCOc1cc(C)ccc1CN=C(NCC)NCc1nncn1CC.I. The summed E-state index contributed by atoms with van der Waals surface area (Å²) in [5, 5.41) is 14.7. The lowest BCUT2D eigenvalue weighted by Gasteiger charge is -2.14. The first-order chi connectivity index (χ1) is 13.7. The number of rotatable bonds is 11. The first-order valence-electron chi connectivity index (χ1n) is 10.3. The molecule has 0 saturated carbocycles. The van der Waals surface area contributed by atoms with Gasteiger partial charge < -0.3 is 19.9 Å². The molecule has 0 unspecified atom stereocenters. The number of hydrogen-bond acceptors (Lipinski definition) is 4. The molecule has 0 radical (unpaired) electrons. The van der Waals surface area contributed by atoms with E-state index in [4.69, 9.17) is 9.73 Å². The highest BCUT2D eigenvalue weighted by molar-refractivity contribution is 14.0. The van der Waals surface area contributed by atoms with Crippen LogP contribution in [0.1, 0.15) is 57.0 Å². The zero-order valence-corrected chi connectivity index (χ0v) is 20.4. The molecule has 29 heavy (non-hydrogen) atoms. The number of aryl methyl sites for hydroxylation is 2. The lowest BCUT2D eigenvalue weighted by molar-refractivity contribution is 0.303. The zero-order valence-electron chi connectivity index (χ0n) is 18.1. The minimum atomic E-state index is 0. The highest BCUT2D eigenvalue weighted by Crippen LogP contribution is 2.21. The highest BCUT2D eigenvalue weighted by atomic mass is 127. The maximum absolute atomic E-state index is 6.03. The van der Waals surface area contributed by atoms with Gasteiger partial charge in [-0.3, -0.25) is 0 Å². The van der Waals surface area contributed by atoms with Crippen molar-refractivity contribution >= 4 is 29.9 Å². The van der Waals surface area contributed by atoms with E-state index in [1.807, 2.05) is 4.57 Å². The molecule has 0 atom stereocenters. The molecule has 0 saturated heterocycles. The van der Waals surface area contributed by atoms with E-state index >= 15 is 0 Å². The molecular weight excluding hydrogens is 479 g/mol. The normalized spacial score (nSPS) is 11.1. The molecule has 1 aromatic heterocycles. The van der Waals surface area contributed by atoms with Crippen LogP contribution < -0.4 is 15.4 Å². The smallest absolute Gasteiger partial charge is 0.191 e. The Morgan fingerprint density at radius 1 is 1.17 bits per heavy atom. The van der Waals surface area contributed by atoms with Gasteiger partial charge in [0.25, 0.3) is 0 Å². The fraction of sp³-hybridized carbons (Fsp3) is 0.571. The average molecular weight is 514 g/mol. The number of nitrogens with zero attached hydrogens (tertiary/aromatic N) is 4. The van der Waals surface area contributed by atoms with Gasteiger partial charge in [-0.1, -0.05) is 31.9 Å². The fourth-order valence-electron chi connectivity index (χ4n) is 2.81. The van der Waals surface area contributed by atoms with Gasteiger partial charge in [0.05, 0.1) is 19.7 Å². The second-order valence-electron chi connectivity index (χ2n) is 6.75. The van der Waals surface area contributed by atoms with Gasteiger partial charge in [0, 0.05) is 18.7 Å². The molecule has 1 heterocycles. The van der Waals surface area contributed by atoms with E-state index in [1.165, 1.54) is 18.4 Å². The van der Waals surface area contributed by atoms with E-state index in [2.05, 4.69) is 66.7 Å². The van der Waals surface area contributed by atoms with Crippen LogP contribution in [0.4, 0.5) is 0 Å². The molecule has 162 valence electrons. The first-order valence-corrected chi connectivity index (χ1v) is 10.3. The summed E-state index contributed by atoms with van der Waals surface area (Å²) < 4.78 is 8.04. The number of hydrogen-bond donors (Lipinski definition) is 2. The van der Waals surface area contributed by atoms with E-state index < -0.39 is 0 Å². The van der Waals surface area contributed by atoms with E-state index in [-0.39, 0.29) is 24.0 Å². The Morgan fingerprint density at radius 2 is 2.00 bits per heavy atom. The molecule has 0 aliphatic carbocycles. The summed E-state index contributed by atoms with van der Waals surface area (Å²) in [7, 11) is 0. The predicted octanol–water partition coefficient (Wildman–Crippen LogP) is 4.05. The van der Waals surface area contributed by atoms with E-state index in [9.17, 15) is 0 Å². The Balaban J connectivity index is 0.00000420. The van der Waals surface area contributed by atoms with Gasteiger partial charge in [0.1, 0.15) is 12.1 Å². The zero-order chi connectivity index (χ0) is 20.2. The summed E-state index contributed by atoms with van der Waals surface area (Å²) >= 11 is 0. The summed E-state index contributed by atoms with van der Waals surface area (Å²) in [6.07, 6.45) is 5.21. The van der Waals surface area contributed by atoms with Crippen LogP contribution in [-0.4, -0.2) is 33.9 Å². The van der Waals surface area contributed by atoms with Crippen molar-refractivity contribution in [3.63, 3.8) is 0 Å². The third-order valence-corrected chi connectivity index (χ3v) is 4.43. The Hall–Kier alpha value is -1.84. The highest BCUT2D eigenvalue weighted by Gasteiger charge is 2.07. The van der Waals surface area contributed by atoms with Crippen molar-refractivity contribution in [3.05, 3.63) is 41.5 Å². The van der Waals surface area contributed by atoms with Crippen LogP contribution >= 0.6 is 24.0 Å². The molecule has 0 spiro atoms. The molecule has 2 aromatic rings. The summed E-state index contributed by atoms with van der Waals surface area (Å²) in [6, 6.07) is 6.31. The number of ether oxygens (including phenoxy) is 1. The monoisotopic (exact) mass is 514 g/mol. The number of benzene rings is 1. The minimum Gasteiger partial charge on any atom is -0.493 e. The predicted molar refractivity (Wildman–Crippen MR) is 129 cm³/mol. The Morgan fingerprint density at radius 3 is 2.72 bits per heavy atom. The lowest BCUT2D eigenvalue weighted by atomic mass is 10.1. The number of aromatic nitrogens is 3. The van der Waals surface area contributed by atoms with E-state index in [1.54, 1.807) is 6.33 Å². The van der Waals surface area contributed by atoms with Crippen LogP contribution in [-0.2, 0) is 19.6 Å². The second-order valence-corrected chi connectivity index (χ2v) is 6.75. The molecule has 2 N–H and O–H groups in total. The molecule has 2 rings (SSSR count). The summed E-state index contributed by atoms with van der Waals surface area (Å²) in [4.78, 5) is 4.73. The Kier molecular flexibility index (Phi) is 12.3. The molecule has 1 aromatic carbocycles. The van der Waals surface area contributed by atoms with Crippen LogP contribution in [0.5, 0.6) is 5.75 Å². The first kappa shape index (κ1) is 25.2. The average Bonchev–Trinajstić information content (AvgIpc) is 3.16. The molecule has 0 bridgehead atoms. The maximum atomic E-state index is 6.03. The molecule has 0 aliphatic heterocycles. The van der Waals surface area contributed by atoms with Gasteiger partial charge in [-0.05, 0) is 38.8 Å². The molecule has 0 aliphatic rings. The second kappa shape index (κ2) is 14.2. The van der Waals surface area contributed by atoms with Crippen LogP contribution in [0.2, 0.25) is 0 Å². The third kappa shape index (κ3) is 8.59. The largest absolute Gasteiger partial charge is 0.493 e. The van der Waals surface area contributed by atoms with Gasteiger partial charge in [0.15, 0.2) is 11.8 Å². The van der Waals surface area contributed by atoms with Crippen molar-refractivity contribution in [2.24, 2.45) is 4.99 Å². The third-order valence-electron chi connectivity index (χ3n) is 4.43. The van der Waals surface area contributed by atoms with E-state index in [0.717, 1.165) is 49.2 Å². The summed E-state index contributed by atoms with van der Waals surface area (Å²) in [6.45, 7) is 11.9. The number of halogens is 1. The van der Waals surface area contributed by atoms with Crippen molar-refractivity contribution in [2.75, 3.05) is 13.2 Å². The van der Waals surface area contributed by atoms with Gasteiger partial charge >= 0.3 is 0 Å². The van der Waals surface area contributed by atoms with Crippen LogP contribution in [0.25, 0.3) is 0 Å². The number of guanidine groups is 1. The quantitative estimate of drug-likeness (QED) is 0.205. The fourth-order valence-corrected chi connectivity index (χ4v) is 2.81. The molecule has 0 fully saturated rings. The van der Waals surface area contributed by atoms with Crippen molar-refractivity contribution < 1.29 is 4.74 Å². The van der Waals surface area contributed by atoms with Crippen LogP contribution in [0.15, 0.2) is 29.5 Å². The van der Waals surface area contributed by atoms with Crippen LogP contribution in [0.3, 0.4) is 0 Å². The van der Waals surface area contributed by atoms with Gasteiger partial charge in [0.2, 0.25) is 0 Å². The minimum absolute atomic E-state index is 0. The van der Waals surface area contributed by atoms with Gasteiger partial charge in [-0.2, -0.15) is 0 Å². The number of nitrogens with one attached hydrogen (secondary N) is 2. The van der Waals surface area contributed by atoms with Gasteiger partial charge in [-0.15, -0.1) is 34.2 Å². The maximum Gasteiger partial charge on any atom is 0.191 e. The Bertz CT molecular complexity index is 747. The van der Waals surface area contributed by atoms with E-state index in [0.29, 0.717) is 13.1 Å². The van der Waals surface area contributed by atoms with Gasteiger partial charge in [-0.25, -0.2) is 4.99 Å². The van der Waals surface area contributed by atoms with Crippen molar-refractivity contribution in [2.45, 2.75) is 66.6 Å². The van der Waals surface area contributed by atoms with Crippen molar-refractivity contribution in [1.29, 1.82) is 0 Å². The standard InChI is InChI=1S/C21H34N6O.HI/c1-5-8-9-12-28-19-13-17(4)10-11-18(19)14-23-21(22-6-2)24-15-20-26-25-16-27(20)7-3;/h10-11,13,16H,5-9,12,14-15H2,1-4H3,(H2,22,23,24);1H. The van der Waals surface area contributed by atoms with Crippen molar-refractivity contribution in [3.8, 4) is 5.75 Å². The summed E-state index contributed by atoms with van der Waals surface area (Å²) in [5.74, 6) is 2.58. The lowest BCUT2D eigenvalue weighted by Crippen LogP contribution is -2.37. The molecule has 0 amide bonds. The summed E-state index contributed by atoms with van der Waals surface area (Å²) in [5.41, 5.74) is 2.29. The number of aliphatic imine (C=N–C) groups is 1. The Labute approximate surface area is 191 Å². The molecular formula is C21H35IN6O. The topological polar surface area (TPSA) is 76.4 Å².